The van der Waals surface area contributed by atoms with E-state index in [0.717, 1.165) is 28.0 Å². The SMILES string of the molecule is CC1(c2cc(F)ccc2F)NC(=O)N(CCCN2C(=O)c3ccccc3C2=O)C1=O. The summed E-state index contributed by atoms with van der Waals surface area (Å²) in [5.41, 5.74) is -1.40. The standard InChI is InChI=1S/C21H17F2N3O4/c1-21(15-11-12(22)7-8-16(15)23)19(29)26(20(30)24-21)10-4-9-25-17(27)13-5-2-3-6-14(13)18(25)28/h2-3,5-8,11H,4,9-10H2,1H3,(H,24,30). The molecule has 1 saturated heterocycles. The fourth-order valence-electron chi connectivity index (χ4n) is 3.79. The van der Waals surface area contributed by atoms with Crippen LogP contribution in [-0.2, 0) is 10.3 Å². The summed E-state index contributed by atoms with van der Waals surface area (Å²) in [6.45, 7) is 1.22. The first-order valence-electron chi connectivity index (χ1n) is 9.29. The van der Waals surface area contributed by atoms with E-state index in [-0.39, 0.29) is 25.1 Å². The first kappa shape index (κ1) is 19.7. The van der Waals surface area contributed by atoms with E-state index >= 15 is 0 Å². The number of hydrogen-bond donors (Lipinski definition) is 1. The van der Waals surface area contributed by atoms with Crippen LogP contribution in [0.15, 0.2) is 42.5 Å². The van der Waals surface area contributed by atoms with E-state index in [2.05, 4.69) is 5.32 Å². The van der Waals surface area contributed by atoms with Gasteiger partial charge in [0.25, 0.3) is 17.7 Å². The van der Waals surface area contributed by atoms with Crippen molar-refractivity contribution in [3.05, 3.63) is 70.8 Å². The Morgan fingerprint density at radius 2 is 1.50 bits per heavy atom. The van der Waals surface area contributed by atoms with Gasteiger partial charge in [-0.1, -0.05) is 12.1 Å². The van der Waals surface area contributed by atoms with Gasteiger partial charge in [0.2, 0.25) is 0 Å². The van der Waals surface area contributed by atoms with Gasteiger partial charge in [0.1, 0.15) is 17.2 Å². The van der Waals surface area contributed by atoms with Crippen molar-refractivity contribution in [1.82, 2.24) is 15.1 Å². The minimum Gasteiger partial charge on any atom is -0.319 e. The largest absolute Gasteiger partial charge is 0.325 e. The Bertz CT molecular complexity index is 1070. The van der Waals surface area contributed by atoms with Crippen molar-refractivity contribution < 1.29 is 28.0 Å². The maximum atomic E-state index is 14.2. The summed E-state index contributed by atoms with van der Waals surface area (Å²) < 4.78 is 27.8. The summed E-state index contributed by atoms with van der Waals surface area (Å²) in [5, 5.41) is 2.41. The van der Waals surface area contributed by atoms with Gasteiger partial charge in [-0.15, -0.1) is 0 Å². The zero-order valence-corrected chi connectivity index (χ0v) is 15.9. The summed E-state index contributed by atoms with van der Waals surface area (Å²) in [6.07, 6.45) is 0.145. The molecule has 0 aromatic heterocycles. The van der Waals surface area contributed by atoms with Crippen LogP contribution in [0.4, 0.5) is 13.6 Å². The molecule has 0 aliphatic carbocycles. The van der Waals surface area contributed by atoms with Crippen LogP contribution in [0.25, 0.3) is 0 Å². The molecule has 0 radical (unpaired) electrons. The average Bonchev–Trinajstić information content (AvgIpc) is 3.09. The second-order valence-corrected chi connectivity index (χ2v) is 7.30. The number of rotatable bonds is 5. The summed E-state index contributed by atoms with van der Waals surface area (Å²) in [6, 6.07) is 8.37. The number of urea groups is 1. The fourth-order valence-corrected chi connectivity index (χ4v) is 3.79. The minimum atomic E-state index is -1.75. The van der Waals surface area contributed by atoms with Crippen molar-refractivity contribution in [2.24, 2.45) is 0 Å². The van der Waals surface area contributed by atoms with E-state index in [1.807, 2.05) is 0 Å². The first-order valence-corrected chi connectivity index (χ1v) is 9.29. The predicted molar refractivity (Wildman–Crippen MR) is 100 cm³/mol. The van der Waals surface area contributed by atoms with Crippen LogP contribution in [0, 0.1) is 11.6 Å². The Hall–Kier alpha value is -3.62. The van der Waals surface area contributed by atoms with Gasteiger partial charge < -0.3 is 5.32 Å². The second kappa shape index (κ2) is 7.01. The quantitative estimate of drug-likeness (QED) is 0.603. The monoisotopic (exact) mass is 413 g/mol. The van der Waals surface area contributed by atoms with Crippen LogP contribution in [-0.4, -0.2) is 46.6 Å². The summed E-state index contributed by atoms with van der Waals surface area (Å²) in [4.78, 5) is 51.9. The van der Waals surface area contributed by atoms with Crippen molar-refractivity contribution in [2.45, 2.75) is 18.9 Å². The molecule has 9 heteroatoms. The smallest absolute Gasteiger partial charge is 0.319 e. The number of benzene rings is 2. The van der Waals surface area contributed by atoms with E-state index in [0.29, 0.717) is 11.1 Å². The highest BCUT2D eigenvalue weighted by molar-refractivity contribution is 6.21. The van der Waals surface area contributed by atoms with Crippen molar-refractivity contribution >= 4 is 23.8 Å². The van der Waals surface area contributed by atoms with Crippen molar-refractivity contribution in [3.8, 4) is 0 Å². The van der Waals surface area contributed by atoms with Crippen LogP contribution < -0.4 is 5.32 Å². The highest BCUT2D eigenvalue weighted by Crippen LogP contribution is 2.31. The first-order chi connectivity index (χ1) is 14.2. The number of carbonyl (C=O) groups excluding carboxylic acids is 4. The van der Waals surface area contributed by atoms with E-state index in [1.165, 1.54) is 6.92 Å². The molecule has 0 saturated carbocycles. The van der Waals surface area contributed by atoms with Crippen LogP contribution in [0.1, 0.15) is 39.6 Å². The molecule has 2 aromatic carbocycles. The number of carbonyl (C=O) groups is 4. The van der Waals surface area contributed by atoms with Crippen LogP contribution in [0.2, 0.25) is 0 Å². The Labute approximate surface area is 170 Å². The zero-order chi connectivity index (χ0) is 21.6. The van der Waals surface area contributed by atoms with E-state index < -0.39 is 40.9 Å². The summed E-state index contributed by atoms with van der Waals surface area (Å²) >= 11 is 0. The number of halogens is 2. The topological polar surface area (TPSA) is 86.8 Å². The fraction of sp³-hybridized carbons (Fsp3) is 0.238. The maximum Gasteiger partial charge on any atom is 0.325 e. The molecule has 1 N–H and O–H groups in total. The van der Waals surface area contributed by atoms with Crippen molar-refractivity contribution in [1.29, 1.82) is 0 Å². The van der Waals surface area contributed by atoms with Gasteiger partial charge in [-0.3, -0.25) is 24.2 Å². The number of nitrogens with zero attached hydrogens (tertiary/aromatic N) is 2. The molecule has 5 amide bonds. The van der Waals surface area contributed by atoms with Gasteiger partial charge >= 0.3 is 6.03 Å². The molecule has 1 atom stereocenters. The van der Waals surface area contributed by atoms with Gasteiger partial charge in [0, 0.05) is 18.7 Å². The third-order valence-corrected chi connectivity index (χ3v) is 5.38. The lowest BCUT2D eigenvalue weighted by Crippen LogP contribution is -2.42. The Morgan fingerprint density at radius 1 is 0.900 bits per heavy atom. The Morgan fingerprint density at radius 3 is 2.13 bits per heavy atom. The molecule has 0 spiro atoms. The summed E-state index contributed by atoms with van der Waals surface area (Å²) in [5.74, 6) is -3.16. The summed E-state index contributed by atoms with van der Waals surface area (Å²) in [7, 11) is 0. The predicted octanol–water partition coefficient (Wildman–Crippen LogP) is 2.42. The molecule has 0 bridgehead atoms. The Balaban J connectivity index is 1.46. The highest BCUT2D eigenvalue weighted by atomic mass is 19.1. The molecule has 2 heterocycles. The number of hydrogen-bond acceptors (Lipinski definition) is 4. The zero-order valence-electron chi connectivity index (χ0n) is 15.9. The average molecular weight is 413 g/mol. The molecule has 1 unspecified atom stereocenters. The van der Waals surface area contributed by atoms with Gasteiger partial charge in [-0.05, 0) is 43.7 Å². The number of nitrogens with one attached hydrogen (secondary N) is 1. The molecule has 4 rings (SSSR count). The molecule has 1 fully saturated rings. The van der Waals surface area contributed by atoms with Gasteiger partial charge in [0.15, 0.2) is 0 Å². The van der Waals surface area contributed by atoms with Crippen LogP contribution in [0.3, 0.4) is 0 Å². The molecular formula is C21H17F2N3O4. The van der Waals surface area contributed by atoms with Crippen LogP contribution in [0.5, 0.6) is 0 Å². The number of fused-ring (bicyclic) bond motifs is 1. The second-order valence-electron chi connectivity index (χ2n) is 7.30. The van der Waals surface area contributed by atoms with Crippen molar-refractivity contribution in [3.63, 3.8) is 0 Å². The van der Waals surface area contributed by atoms with E-state index in [9.17, 15) is 28.0 Å². The number of amides is 5. The van der Waals surface area contributed by atoms with Crippen molar-refractivity contribution in [2.75, 3.05) is 13.1 Å². The molecule has 30 heavy (non-hydrogen) atoms. The van der Waals surface area contributed by atoms with Crippen LogP contribution >= 0.6 is 0 Å². The lowest BCUT2D eigenvalue weighted by molar-refractivity contribution is -0.131. The van der Waals surface area contributed by atoms with E-state index in [4.69, 9.17) is 0 Å². The minimum absolute atomic E-state index is 0.00838. The van der Waals surface area contributed by atoms with E-state index in [1.54, 1.807) is 24.3 Å². The van der Waals surface area contributed by atoms with Gasteiger partial charge in [-0.25, -0.2) is 13.6 Å². The molecule has 7 nitrogen and oxygen atoms in total. The number of imide groups is 2. The Kier molecular flexibility index (Phi) is 4.60. The molecule has 2 aliphatic rings. The lowest BCUT2D eigenvalue weighted by atomic mass is 9.91. The molecular weight excluding hydrogens is 396 g/mol. The highest BCUT2D eigenvalue weighted by Gasteiger charge is 2.50. The third-order valence-electron chi connectivity index (χ3n) is 5.38. The lowest BCUT2D eigenvalue weighted by Gasteiger charge is -2.23. The molecule has 2 aliphatic heterocycles. The van der Waals surface area contributed by atoms with Gasteiger partial charge in [0.05, 0.1) is 11.1 Å². The maximum absolute atomic E-state index is 14.2. The normalized spacial score (nSPS) is 20.8. The molecule has 2 aromatic rings. The third kappa shape index (κ3) is 2.94. The van der Waals surface area contributed by atoms with Gasteiger partial charge in [-0.2, -0.15) is 0 Å². The molecule has 154 valence electrons.